The van der Waals surface area contributed by atoms with Crippen LogP contribution in [0.25, 0.3) is 0 Å². The molecule has 36 nitrogen and oxygen atoms in total. The second-order valence-electron chi connectivity index (χ2n) is 26.9. The normalized spacial score (nSPS) is 30.3. The molecule has 0 bridgehead atoms. The summed E-state index contributed by atoms with van der Waals surface area (Å²) in [5.74, 6) is -2.50. The zero-order chi connectivity index (χ0) is 75.1. The van der Waals surface area contributed by atoms with E-state index in [0.29, 0.717) is 96.4 Å². The summed E-state index contributed by atoms with van der Waals surface area (Å²) in [6.07, 6.45) is -17.6. The maximum Gasteiger partial charge on any atom is 0.242 e. The Balaban J connectivity index is 1.33. The highest BCUT2D eigenvalue weighted by molar-refractivity contribution is 5.89. The summed E-state index contributed by atoms with van der Waals surface area (Å²) < 4.78 is 44.0. The first-order chi connectivity index (χ1) is 48.8. The average molecular weight is 1480 g/mol. The summed E-state index contributed by atoms with van der Waals surface area (Å²) in [6, 6.07) is -3.27. The van der Waals surface area contributed by atoms with Crippen LogP contribution in [-0.2, 0) is 61.9 Å². The number of unbranched alkanes of at least 4 members (excludes halogenated alkanes) is 12. The van der Waals surface area contributed by atoms with Crippen LogP contribution in [0.5, 0.6) is 0 Å². The van der Waals surface area contributed by atoms with E-state index in [1.54, 1.807) is 0 Å². The molecule has 4 fully saturated rings. The molecule has 5 amide bonds. The first kappa shape index (κ1) is 90.7. The van der Waals surface area contributed by atoms with Crippen LogP contribution in [0.1, 0.15) is 162 Å². The minimum Gasteiger partial charge on any atom is -0.394 e. The molecular weight excluding hydrogens is 1350 g/mol. The fourth-order valence-electron chi connectivity index (χ4n) is 11.9. The van der Waals surface area contributed by atoms with E-state index in [0.717, 1.165) is 12.8 Å². The predicted molar refractivity (Wildman–Crippen MR) is 358 cm³/mol. The van der Waals surface area contributed by atoms with Gasteiger partial charge in [-0.25, -0.2) is 0 Å². The van der Waals surface area contributed by atoms with Crippen LogP contribution in [0.15, 0.2) is 0 Å². The molecule has 4 unspecified atom stereocenters. The molecule has 0 aromatic carbocycles. The van der Waals surface area contributed by atoms with Crippen molar-refractivity contribution in [2.75, 3.05) is 79.0 Å². The summed E-state index contributed by atoms with van der Waals surface area (Å²) in [5.41, 5.74) is 0. The molecule has 0 spiro atoms. The fourth-order valence-corrected chi connectivity index (χ4v) is 11.9. The Labute approximate surface area is 596 Å². The molecule has 0 saturated carbocycles. The quantitative estimate of drug-likeness (QED) is 0.0199. The van der Waals surface area contributed by atoms with Gasteiger partial charge < -0.3 is 152 Å². The Kier molecular flexibility index (Phi) is 45.2. The fraction of sp³-hybridized carbons (Fsp3) is 0.924. The van der Waals surface area contributed by atoms with E-state index in [9.17, 15) is 106 Å². The van der Waals surface area contributed by atoms with Crippen molar-refractivity contribution in [2.45, 2.75) is 309 Å². The molecule has 0 aromatic rings. The van der Waals surface area contributed by atoms with Crippen LogP contribution >= 0.6 is 0 Å². The molecule has 0 aromatic heterocycles. The summed E-state index contributed by atoms with van der Waals surface area (Å²) in [6.45, 7) is 3.18. The van der Waals surface area contributed by atoms with Crippen LogP contribution < -0.4 is 37.2 Å². The zero-order valence-electron chi connectivity index (χ0n) is 59.1. The van der Waals surface area contributed by atoms with E-state index in [-0.39, 0.29) is 110 Å². The van der Waals surface area contributed by atoms with Gasteiger partial charge in [0.25, 0.3) is 0 Å². The summed E-state index contributed by atoms with van der Waals surface area (Å²) in [7, 11) is 0. The lowest BCUT2D eigenvalue weighted by atomic mass is 9.99. The van der Waals surface area contributed by atoms with Gasteiger partial charge in [-0.1, -0.05) is 65.2 Å². The second-order valence-corrected chi connectivity index (χ2v) is 26.9. The first-order valence-corrected chi connectivity index (χ1v) is 36.5. The second kappa shape index (κ2) is 50.8. The standard InChI is InChI=1S/C66H123N7O29/c1-38(2)71-40(60(92)68-26-12-4-8-15-29-95-63-50(82)43(78)33-39(34-74)99-63)20-23-48(80)73-42(62(94)70-28-14-6-10-18-32-98-66-59(91)56(88)53(85)46(37-77)102-66)21-24-49(81)72-41(61(93)69-27-13-5-9-17-31-97-65-58(90)55(87)52(84)45(36-76)101-65)19-22-47(79)67-25-11-3-7-16-30-96-64-57(89)54(86)51(83)44(35-75)100-64/h38-46,48,50-59,63-66,71,73-78,80,82-91H,3-37H2,1-2H3,(H,67,79)(H,68,92)(H,69,93)(H,70,94)(H,72,81)/t39-,40?,41?,42?,43+,44+,45+,46+,48?,50+,51+,52+,53+,54+,55+,56+,57+,58+,59+,63-,64-,65-,66-/m0/s1. The Morgan fingerprint density at radius 2 is 0.716 bits per heavy atom. The number of carbonyl (C=O) groups is 5. The van der Waals surface area contributed by atoms with Gasteiger partial charge in [0.05, 0.1) is 50.7 Å². The van der Waals surface area contributed by atoms with Crippen LogP contribution in [0.3, 0.4) is 0 Å². The third-order valence-corrected chi connectivity index (χ3v) is 18.1. The number of nitrogens with one attached hydrogen (secondary N) is 7. The van der Waals surface area contributed by atoms with E-state index in [2.05, 4.69) is 37.2 Å². The van der Waals surface area contributed by atoms with Gasteiger partial charge in [-0.2, -0.15) is 0 Å². The number of hydrogen-bond donors (Lipinski definition) is 23. The van der Waals surface area contributed by atoms with Crippen molar-refractivity contribution >= 4 is 29.5 Å². The van der Waals surface area contributed by atoms with Gasteiger partial charge in [0.2, 0.25) is 29.5 Å². The lowest BCUT2D eigenvalue weighted by molar-refractivity contribution is -0.301. The molecule has 4 saturated heterocycles. The molecule has 0 aliphatic carbocycles. The topological polar surface area (TPSA) is 567 Å². The van der Waals surface area contributed by atoms with E-state index >= 15 is 0 Å². The van der Waals surface area contributed by atoms with Gasteiger partial charge in [-0.3, -0.25) is 29.3 Å². The summed E-state index contributed by atoms with van der Waals surface area (Å²) >= 11 is 0. The lowest BCUT2D eigenvalue weighted by Gasteiger charge is -2.39. The van der Waals surface area contributed by atoms with Crippen molar-refractivity contribution in [3.63, 3.8) is 0 Å². The molecule has 4 aliphatic heterocycles. The third-order valence-electron chi connectivity index (χ3n) is 18.1. The van der Waals surface area contributed by atoms with E-state index in [1.807, 2.05) is 13.8 Å². The number of aliphatic hydroxyl groups excluding tert-OH is 16. The number of hydrogen-bond acceptors (Lipinski definition) is 31. The highest BCUT2D eigenvalue weighted by Crippen LogP contribution is 2.26. The van der Waals surface area contributed by atoms with Crippen molar-refractivity contribution in [3.8, 4) is 0 Å². The Bertz CT molecular complexity index is 2300. The van der Waals surface area contributed by atoms with Gasteiger partial charge in [0.1, 0.15) is 91.6 Å². The average Bonchev–Trinajstić information content (AvgIpc) is 0.836. The molecule has 4 heterocycles. The van der Waals surface area contributed by atoms with Gasteiger partial charge in [0, 0.05) is 77.9 Å². The van der Waals surface area contributed by atoms with Crippen molar-refractivity contribution in [3.05, 3.63) is 0 Å². The zero-order valence-corrected chi connectivity index (χ0v) is 59.1. The monoisotopic (exact) mass is 1480 g/mol. The molecule has 36 heteroatoms. The van der Waals surface area contributed by atoms with E-state index in [4.69, 9.17) is 37.9 Å². The minimum absolute atomic E-state index is 0.0157. The van der Waals surface area contributed by atoms with Crippen LogP contribution in [0, 0.1) is 0 Å². The van der Waals surface area contributed by atoms with Crippen molar-refractivity contribution in [1.29, 1.82) is 0 Å². The highest BCUT2D eigenvalue weighted by atomic mass is 16.7. The maximum absolute atomic E-state index is 14.0. The first-order valence-electron chi connectivity index (χ1n) is 36.5. The Morgan fingerprint density at radius 3 is 1.10 bits per heavy atom. The highest BCUT2D eigenvalue weighted by Gasteiger charge is 2.47. The predicted octanol–water partition coefficient (Wildman–Crippen LogP) is -6.54. The number of ether oxygens (including phenoxy) is 8. The lowest BCUT2D eigenvalue weighted by Crippen LogP contribution is -2.59. The Hall–Kier alpha value is -3.69. The van der Waals surface area contributed by atoms with Gasteiger partial charge in [-0.15, -0.1) is 0 Å². The molecule has 596 valence electrons. The minimum atomic E-state index is -1.59. The molecular formula is C66H123N7O29. The van der Waals surface area contributed by atoms with Crippen LogP contribution in [0.2, 0.25) is 0 Å². The van der Waals surface area contributed by atoms with Gasteiger partial charge in [-0.05, 0) is 77.0 Å². The third kappa shape index (κ3) is 32.8. The molecule has 4 aliphatic rings. The molecule has 0 radical (unpaired) electrons. The number of amides is 5. The maximum atomic E-state index is 14.0. The van der Waals surface area contributed by atoms with Gasteiger partial charge >= 0.3 is 0 Å². The van der Waals surface area contributed by atoms with Crippen LogP contribution in [0.4, 0.5) is 0 Å². The molecule has 102 heavy (non-hydrogen) atoms. The molecule has 23 N–H and O–H groups in total. The molecule has 23 atom stereocenters. The number of rotatable bonds is 53. The number of aliphatic hydroxyl groups is 16. The van der Waals surface area contributed by atoms with Gasteiger partial charge in [0.15, 0.2) is 25.2 Å². The smallest absolute Gasteiger partial charge is 0.242 e. The van der Waals surface area contributed by atoms with Crippen molar-refractivity contribution in [2.24, 2.45) is 0 Å². The summed E-state index contributed by atoms with van der Waals surface area (Å²) in [5, 5.41) is 181. The molecule has 4 rings (SSSR count). The van der Waals surface area contributed by atoms with E-state index < -0.39 is 185 Å². The SMILES string of the molecule is CC(C)NC(CCC(O)NC(CCC(=O)NC(CCC(=O)NCCCCCCO[C@H]1O[C@H](CO)[C@@H](O)[C@@H](O)[C@H]1O)C(=O)NCCCCCCO[C@H]1O[C@H](CO)[C@@H](O)[C@@H](O)[C@H]1O)C(=O)NCCCCCCO[C@H]1O[C@H](CO)[C@@H](O)[C@@H](O)[C@H]1O)C(=O)NCCCCCCO[C@H]1O[C@H](CO)C[C@@H](O)[C@H]1O. The van der Waals surface area contributed by atoms with Crippen molar-refractivity contribution in [1.82, 2.24) is 37.2 Å². The van der Waals surface area contributed by atoms with Crippen molar-refractivity contribution < 1.29 is 144 Å². The summed E-state index contributed by atoms with van der Waals surface area (Å²) in [4.78, 5) is 68.5. The van der Waals surface area contributed by atoms with E-state index in [1.165, 1.54) is 0 Å². The Morgan fingerprint density at radius 1 is 0.373 bits per heavy atom. The number of carbonyl (C=O) groups excluding carboxylic acids is 5. The van der Waals surface area contributed by atoms with Crippen LogP contribution in [-0.4, -0.2) is 337 Å². The largest absolute Gasteiger partial charge is 0.394 e.